The minimum atomic E-state index is -3.73. The van der Waals surface area contributed by atoms with Crippen LogP contribution in [0.4, 0.5) is 0 Å². The van der Waals surface area contributed by atoms with Crippen molar-refractivity contribution in [1.82, 2.24) is 19.7 Å². The van der Waals surface area contributed by atoms with Gasteiger partial charge in [0.15, 0.2) is 5.76 Å². The zero-order chi connectivity index (χ0) is 21.7. The number of methoxy groups -OCH3 is 1. The number of rotatable bonds is 9. The zero-order valence-electron chi connectivity index (χ0n) is 18.3. The Kier molecular flexibility index (Phi) is 7.51. The van der Waals surface area contributed by atoms with Crippen LogP contribution in [0.2, 0.25) is 0 Å². The van der Waals surface area contributed by atoms with Gasteiger partial charge >= 0.3 is 0 Å². The predicted octanol–water partition coefficient (Wildman–Crippen LogP) is 2.27. The molecule has 0 radical (unpaired) electrons. The van der Waals surface area contributed by atoms with Crippen LogP contribution < -0.4 is 9.46 Å². The van der Waals surface area contributed by atoms with E-state index in [2.05, 4.69) is 26.6 Å². The van der Waals surface area contributed by atoms with E-state index in [4.69, 9.17) is 9.26 Å². The summed E-state index contributed by atoms with van der Waals surface area (Å²) in [5, 5.41) is 3.96. The molecular weight excluding hydrogens is 404 g/mol. The smallest absolute Gasteiger partial charge is 0.244 e. The summed E-state index contributed by atoms with van der Waals surface area (Å²) in [6, 6.07) is 5.01. The Hall–Kier alpha value is -1.94. The molecule has 0 aliphatic carbocycles. The van der Waals surface area contributed by atoms with Crippen LogP contribution in [-0.4, -0.2) is 76.3 Å². The van der Waals surface area contributed by atoms with Gasteiger partial charge in [-0.2, -0.15) is 0 Å². The third-order valence-corrected chi connectivity index (χ3v) is 7.08. The zero-order valence-corrected chi connectivity index (χ0v) is 19.1. The third-order valence-electron chi connectivity index (χ3n) is 5.60. The Morgan fingerprint density at radius 3 is 2.37 bits per heavy atom. The maximum Gasteiger partial charge on any atom is 0.244 e. The number of piperazine rings is 1. The lowest BCUT2D eigenvalue weighted by Gasteiger charge is -2.34. The molecule has 0 saturated carbocycles. The van der Waals surface area contributed by atoms with Gasteiger partial charge in [-0.25, -0.2) is 13.1 Å². The predicted molar refractivity (Wildman–Crippen MR) is 116 cm³/mol. The van der Waals surface area contributed by atoms with Gasteiger partial charge in [-0.1, -0.05) is 12.1 Å². The van der Waals surface area contributed by atoms with Crippen LogP contribution >= 0.6 is 0 Å². The number of ether oxygens (including phenoxy) is 1. The molecule has 2 heterocycles. The van der Waals surface area contributed by atoms with Gasteiger partial charge in [0.1, 0.15) is 10.6 Å². The number of nitrogens with one attached hydrogen (secondary N) is 1. The van der Waals surface area contributed by atoms with E-state index in [-0.39, 0.29) is 4.90 Å². The number of nitrogens with zero attached hydrogens (tertiary/aromatic N) is 3. The number of benzene rings is 1. The van der Waals surface area contributed by atoms with E-state index in [0.29, 0.717) is 30.2 Å². The molecule has 9 heteroatoms. The molecule has 1 fully saturated rings. The molecule has 1 aromatic carbocycles. The Bertz CT molecular complexity index is 950. The molecular formula is C21H32N4O4S. The Morgan fingerprint density at radius 2 is 1.80 bits per heavy atom. The minimum Gasteiger partial charge on any atom is -0.495 e. The standard InChI is InChI=1S/C21H32N4O4S/c1-5-9-24-11-13-25(14-12-24)10-8-22-30(26,27)20-15-18(6-7-19(20)28-4)21-16(2)17(3)23-29-21/h6-7,15,22H,5,8-14H2,1-4H3. The Balaban J connectivity index is 1.68. The van der Waals surface area contributed by atoms with E-state index in [9.17, 15) is 8.42 Å². The van der Waals surface area contributed by atoms with Gasteiger partial charge < -0.3 is 14.2 Å². The summed E-state index contributed by atoms with van der Waals surface area (Å²) in [4.78, 5) is 4.84. The van der Waals surface area contributed by atoms with E-state index in [1.807, 2.05) is 13.8 Å². The van der Waals surface area contributed by atoms with Crippen LogP contribution in [0, 0.1) is 13.8 Å². The summed E-state index contributed by atoms with van der Waals surface area (Å²) in [6.45, 7) is 12.1. The highest BCUT2D eigenvalue weighted by molar-refractivity contribution is 7.89. The van der Waals surface area contributed by atoms with E-state index in [0.717, 1.165) is 50.4 Å². The van der Waals surface area contributed by atoms with Crippen LogP contribution in [0.5, 0.6) is 5.75 Å². The number of hydrogen-bond acceptors (Lipinski definition) is 7. The van der Waals surface area contributed by atoms with Gasteiger partial charge in [-0.15, -0.1) is 0 Å². The van der Waals surface area contributed by atoms with Gasteiger partial charge in [0.25, 0.3) is 0 Å². The van der Waals surface area contributed by atoms with E-state index < -0.39 is 10.0 Å². The lowest BCUT2D eigenvalue weighted by molar-refractivity contribution is 0.134. The first kappa shape index (κ1) is 22.7. The van der Waals surface area contributed by atoms with Crippen molar-refractivity contribution >= 4 is 10.0 Å². The lowest BCUT2D eigenvalue weighted by Crippen LogP contribution is -2.48. The summed E-state index contributed by atoms with van der Waals surface area (Å²) in [6.07, 6.45) is 1.16. The first-order chi connectivity index (χ1) is 14.4. The fourth-order valence-corrected chi connectivity index (χ4v) is 4.89. The molecule has 1 aliphatic heterocycles. The van der Waals surface area contributed by atoms with Gasteiger partial charge in [0.2, 0.25) is 10.0 Å². The molecule has 1 aromatic heterocycles. The van der Waals surface area contributed by atoms with Crippen LogP contribution in [0.1, 0.15) is 24.6 Å². The number of aryl methyl sites for hydroxylation is 1. The van der Waals surface area contributed by atoms with Gasteiger partial charge in [0.05, 0.1) is 12.8 Å². The molecule has 8 nitrogen and oxygen atoms in total. The topological polar surface area (TPSA) is 87.9 Å². The molecule has 0 unspecified atom stereocenters. The van der Waals surface area contributed by atoms with Gasteiger partial charge in [-0.05, 0) is 45.0 Å². The number of sulfonamides is 1. The molecule has 166 valence electrons. The lowest BCUT2D eigenvalue weighted by atomic mass is 10.1. The largest absolute Gasteiger partial charge is 0.495 e. The normalized spacial score (nSPS) is 16.1. The molecule has 1 aliphatic rings. The maximum atomic E-state index is 13.0. The molecule has 0 amide bonds. The fraction of sp³-hybridized carbons (Fsp3) is 0.571. The highest BCUT2D eigenvalue weighted by atomic mass is 32.2. The third kappa shape index (κ3) is 5.21. The second-order valence-corrected chi connectivity index (χ2v) is 9.40. The first-order valence-corrected chi connectivity index (χ1v) is 11.9. The van der Waals surface area contributed by atoms with Gasteiger partial charge in [-0.3, -0.25) is 4.90 Å². The molecule has 0 bridgehead atoms. The van der Waals surface area contributed by atoms with Crippen molar-refractivity contribution in [2.24, 2.45) is 0 Å². The molecule has 1 N–H and O–H groups in total. The number of aromatic nitrogens is 1. The molecule has 0 atom stereocenters. The van der Waals surface area contributed by atoms with Crippen molar-refractivity contribution < 1.29 is 17.7 Å². The monoisotopic (exact) mass is 436 g/mol. The molecule has 3 rings (SSSR count). The molecule has 1 saturated heterocycles. The highest BCUT2D eigenvalue weighted by Gasteiger charge is 2.23. The van der Waals surface area contributed by atoms with Crippen molar-refractivity contribution in [1.29, 1.82) is 0 Å². The summed E-state index contributed by atoms with van der Waals surface area (Å²) in [5.74, 6) is 0.866. The van der Waals surface area contributed by atoms with Gasteiger partial charge in [0, 0.05) is 50.4 Å². The summed E-state index contributed by atoms with van der Waals surface area (Å²) >= 11 is 0. The summed E-state index contributed by atoms with van der Waals surface area (Å²) in [5.41, 5.74) is 2.32. The Labute approximate surface area is 179 Å². The quantitative estimate of drug-likeness (QED) is 0.645. The Morgan fingerprint density at radius 1 is 1.13 bits per heavy atom. The van der Waals surface area contributed by atoms with E-state index in [1.54, 1.807) is 18.2 Å². The summed E-state index contributed by atoms with van der Waals surface area (Å²) < 4.78 is 39.4. The molecule has 30 heavy (non-hydrogen) atoms. The van der Waals surface area contributed by atoms with E-state index in [1.165, 1.54) is 7.11 Å². The van der Waals surface area contributed by atoms with E-state index >= 15 is 0 Å². The van der Waals surface area contributed by atoms with Crippen LogP contribution in [0.15, 0.2) is 27.6 Å². The van der Waals surface area contributed by atoms with Crippen molar-refractivity contribution in [3.63, 3.8) is 0 Å². The van der Waals surface area contributed by atoms with Crippen molar-refractivity contribution in [2.75, 3.05) is 52.9 Å². The average Bonchev–Trinajstić information content (AvgIpc) is 3.07. The minimum absolute atomic E-state index is 0.101. The van der Waals surface area contributed by atoms with Crippen molar-refractivity contribution in [3.8, 4) is 17.1 Å². The van der Waals surface area contributed by atoms with Crippen molar-refractivity contribution in [3.05, 3.63) is 29.5 Å². The molecule has 2 aromatic rings. The summed E-state index contributed by atoms with van der Waals surface area (Å²) in [7, 11) is -2.27. The first-order valence-electron chi connectivity index (χ1n) is 10.4. The van der Waals surface area contributed by atoms with Crippen molar-refractivity contribution in [2.45, 2.75) is 32.1 Å². The second kappa shape index (κ2) is 9.91. The SMILES string of the molecule is CCCN1CCN(CCNS(=O)(=O)c2cc(-c3onc(C)c3C)ccc2OC)CC1. The number of hydrogen-bond donors (Lipinski definition) is 1. The van der Waals surface area contributed by atoms with Crippen LogP contribution in [0.25, 0.3) is 11.3 Å². The highest BCUT2D eigenvalue weighted by Crippen LogP contribution is 2.32. The maximum absolute atomic E-state index is 13.0. The second-order valence-electron chi connectivity index (χ2n) is 7.67. The fourth-order valence-electron chi connectivity index (χ4n) is 3.68. The average molecular weight is 437 g/mol. The van der Waals surface area contributed by atoms with Crippen LogP contribution in [0.3, 0.4) is 0 Å². The van der Waals surface area contributed by atoms with Crippen LogP contribution in [-0.2, 0) is 10.0 Å². The molecule has 0 spiro atoms.